The second-order valence-corrected chi connectivity index (χ2v) is 6.11. The van der Waals surface area contributed by atoms with E-state index >= 15 is 0 Å². The summed E-state index contributed by atoms with van der Waals surface area (Å²) in [5.41, 5.74) is 0. The SMILES string of the molecule is CN=C(NCCOC1CCCCCC1)NCCN1C(=O)CNC1=O. The number of guanidine groups is 1. The molecule has 2 aliphatic rings. The average molecular weight is 339 g/mol. The van der Waals surface area contributed by atoms with Gasteiger partial charge in [-0.1, -0.05) is 25.7 Å². The van der Waals surface area contributed by atoms with Crippen LogP contribution in [0.5, 0.6) is 0 Å². The van der Waals surface area contributed by atoms with Gasteiger partial charge in [-0.15, -0.1) is 0 Å². The van der Waals surface area contributed by atoms with E-state index in [-0.39, 0.29) is 18.5 Å². The van der Waals surface area contributed by atoms with Gasteiger partial charge in [-0.3, -0.25) is 14.7 Å². The van der Waals surface area contributed by atoms with Gasteiger partial charge in [0, 0.05) is 26.7 Å². The zero-order valence-corrected chi connectivity index (χ0v) is 14.5. The van der Waals surface area contributed by atoms with E-state index in [0.29, 0.717) is 38.3 Å². The molecule has 8 heteroatoms. The molecule has 3 amide bonds. The number of hydrogen-bond donors (Lipinski definition) is 3. The number of imide groups is 1. The minimum absolute atomic E-state index is 0.0876. The number of rotatable bonds is 7. The summed E-state index contributed by atoms with van der Waals surface area (Å²) in [5, 5.41) is 8.77. The Hall–Kier alpha value is -1.83. The number of hydrogen-bond acceptors (Lipinski definition) is 4. The molecule has 1 saturated carbocycles. The van der Waals surface area contributed by atoms with Crippen molar-refractivity contribution in [1.29, 1.82) is 0 Å². The van der Waals surface area contributed by atoms with Crippen LogP contribution in [0, 0.1) is 0 Å². The van der Waals surface area contributed by atoms with Crippen molar-refractivity contribution in [2.75, 3.05) is 39.8 Å². The smallest absolute Gasteiger partial charge is 0.324 e. The topological polar surface area (TPSA) is 95.1 Å². The van der Waals surface area contributed by atoms with Crippen LogP contribution in [0.4, 0.5) is 4.79 Å². The van der Waals surface area contributed by atoms with Crippen LogP contribution in [-0.2, 0) is 9.53 Å². The van der Waals surface area contributed by atoms with Crippen molar-refractivity contribution in [3.8, 4) is 0 Å². The highest BCUT2D eigenvalue weighted by Gasteiger charge is 2.27. The number of amides is 3. The van der Waals surface area contributed by atoms with E-state index in [0.717, 1.165) is 0 Å². The second-order valence-electron chi connectivity index (χ2n) is 6.11. The maximum absolute atomic E-state index is 11.5. The highest BCUT2D eigenvalue weighted by atomic mass is 16.5. The van der Waals surface area contributed by atoms with E-state index < -0.39 is 0 Å². The Bertz CT molecular complexity index is 431. The summed E-state index contributed by atoms with van der Waals surface area (Å²) in [6, 6.07) is -0.332. The summed E-state index contributed by atoms with van der Waals surface area (Å²) in [4.78, 5) is 28.2. The number of nitrogens with zero attached hydrogens (tertiary/aromatic N) is 2. The summed E-state index contributed by atoms with van der Waals surface area (Å²) in [7, 11) is 1.69. The van der Waals surface area contributed by atoms with Crippen LogP contribution in [0.2, 0.25) is 0 Å². The van der Waals surface area contributed by atoms with Gasteiger partial charge in [-0.2, -0.15) is 0 Å². The van der Waals surface area contributed by atoms with Crippen LogP contribution in [0.15, 0.2) is 4.99 Å². The van der Waals surface area contributed by atoms with Gasteiger partial charge in [0.1, 0.15) is 0 Å². The van der Waals surface area contributed by atoms with Gasteiger partial charge in [0.05, 0.1) is 19.3 Å². The molecule has 3 N–H and O–H groups in total. The lowest BCUT2D eigenvalue weighted by atomic mass is 10.1. The molecule has 2 fully saturated rings. The van der Waals surface area contributed by atoms with Crippen molar-refractivity contribution in [2.24, 2.45) is 4.99 Å². The van der Waals surface area contributed by atoms with Gasteiger partial charge in [0.25, 0.3) is 0 Å². The first-order chi connectivity index (χ1) is 11.7. The van der Waals surface area contributed by atoms with Crippen LogP contribution in [0.1, 0.15) is 38.5 Å². The molecule has 0 atom stereocenters. The molecule has 0 radical (unpaired) electrons. The van der Waals surface area contributed by atoms with E-state index in [4.69, 9.17) is 4.74 Å². The monoisotopic (exact) mass is 339 g/mol. The first-order valence-electron chi connectivity index (χ1n) is 8.85. The first-order valence-corrected chi connectivity index (χ1v) is 8.85. The van der Waals surface area contributed by atoms with Crippen molar-refractivity contribution < 1.29 is 14.3 Å². The molecule has 1 heterocycles. The van der Waals surface area contributed by atoms with E-state index in [2.05, 4.69) is 20.9 Å². The molecule has 1 aliphatic heterocycles. The van der Waals surface area contributed by atoms with Gasteiger partial charge in [0.15, 0.2) is 5.96 Å². The van der Waals surface area contributed by atoms with E-state index in [1.807, 2.05) is 0 Å². The molecule has 0 aromatic carbocycles. The number of urea groups is 1. The Morgan fingerprint density at radius 3 is 2.54 bits per heavy atom. The largest absolute Gasteiger partial charge is 0.376 e. The fraction of sp³-hybridized carbons (Fsp3) is 0.812. The lowest BCUT2D eigenvalue weighted by molar-refractivity contribution is -0.124. The molecule has 2 rings (SSSR count). The predicted molar refractivity (Wildman–Crippen MR) is 91.9 cm³/mol. The molecule has 24 heavy (non-hydrogen) atoms. The van der Waals surface area contributed by atoms with Gasteiger partial charge in [-0.05, 0) is 12.8 Å². The third kappa shape index (κ3) is 5.99. The highest BCUT2D eigenvalue weighted by Crippen LogP contribution is 2.19. The maximum atomic E-state index is 11.5. The Kier molecular flexibility index (Phi) is 7.81. The standard InChI is InChI=1S/C16H29N5O3/c1-17-15(18-8-10-21-14(22)12-20-16(21)23)19-9-11-24-13-6-4-2-3-5-7-13/h13H,2-12H2,1H3,(H,20,23)(H2,17,18,19). The van der Waals surface area contributed by atoms with Crippen molar-refractivity contribution in [1.82, 2.24) is 20.9 Å². The number of aliphatic imine (C=N–C) groups is 1. The molecule has 0 unspecified atom stereocenters. The van der Waals surface area contributed by atoms with Crippen molar-refractivity contribution in [3.63, 3.8) is 0 Å². The Labute approximate surface area is 143 Å². The summed E-state index contributed by atoms with van der Waals surface area (Å²) in [6.07, 6.45) is 7.91. The highest BCUT2D eigenvalue weighted by molar-refractivity contribution is 6.01. The fourth-order valence-electron chi connectivity index (χ4n) is 2.99. The van der Waals surface area contributed by atoms with Gasteiger partial charge < -0.3 is 20.7 Å². The summed E-state index contributed by atoms with van der Waals surface area (Å²) in [5.74, 6) is 0.452. The molecule has 0 bridgehead atoms. The Balaban J connectivity index is 1.57. The lowest BCUT2D eigenvalue weighted by Gasteiger charge is -2.17. The van der Waals surface area contributed by atoms with Gasteiger partial charge >= 0.3 is 6.03 Å². The second kappa shape index (κ2) is 10.1. The first kappa shape index (κ1) is 18.5. The Morgan fingerprint density at radius 2 is 1.92 bits per heavy atom. The van der Waals surface area contributed by atoms with Crippen molar-refractivity contribution >= 4 is 17.9 Å². The molecule has 136 valence electrons. The van der Waals surface area contributed by atoms with Crippen LogP contribution >= 0.6 is 0 Å². The lowest BCUT2D eigenvalue weighted by Crippen LogP contribution is -2.44. The van der Waals surface area contributed by atoms with Crippen LogP contribution in [-0.4, -0.2) is 68.7 Å². The molecule has 0 spiro atoms. The molecule has 0 aromatic rings. The number of carbonyl (C=O) groups is 2. The Morgan fingerprint density at radius 1 is 1.21 bits per heavy atom. The van der Waals surface area contributed by atoms with Crippen molar-refractivity contribution in [3.05, 3.63) is 0 Å². The van der Waals surface area contributed by atoms with Crippen LogP contribution in [0.25, 0.3) is 0 Å². The number of nitrogens with one attached hydrogen (secondary N) is 3. The molecule has 8 nitrogen and oxygen atoms in total. The van der Waals surface area contributed by atoms with Gasteiger partial charge in [-0.25, -0.2) is 4.79 Å². The van der Waals surface area contributed by atoms with Crippen LogP contribution in [0.3, 0.4) is 0 Å². The molecule has 1 saturated heterocycles. The number of carbonyl (C=O) groups excluding carboxylic acids is 2. The molecular formula is C16H29N5O3. The van der Waals surface area contributed by atoms with Crippen LogP contribution < -0.4 is 16.0 Å². The van der Waals surface area contributed by atoms with E-state index in [1.165, 1.54) is 43.4 Å². The zero-order valence-electron chi connectivity index (χ0n) is 14.5. The number of ether oxygens (including phenoxy) is 1. The summed E-state index contributed by atoms with van der Waals surface area (Å²) < 4.78 is 5.92. The molecule has 1 aliphatic carbocycles. The quantitative estimate of drug-likeness (QED) is 0.206. The fourth-order valence-corrected chi connectivity index (χ4v) is 2.99. The third-order valence-electron chi connectivity index (χ3n) is 4.34. The van der Waals surface area contributed by atoms with E-state index in [9.17, 15) is 9.59 Å². The normalized spacial score (nSPS) is 20.0. The van der Waals surface area contributed by atoms with E-state index in [1.54, 1.807) is 7.05 Å². The average Bonchev–Trinajstić information content (AvgIpc) is 2.80. The van der Waals surface area contributed by atoms with Gasteiger partial charge in [0.2, 0.25) is 5.91 Å². The third-order valence-corrected chi connectivity index (χ3v) is 4.34. The minimum Gasteiger partial charge on any atom is -0.376 e. The predicted octanol–water partition coefficient (Wildman–Crippen LogP) is 0.443. The zero-order chi connectivity index (χ0) is 17.2. The maximum Gasteiger partial charge on any atom is 0.324 e. The van der Waals surface area contributed by atoms with Crippen molar-refractivity contribution in [2.45, 2.75) is 44.6 Å². The molecule has 0 aromatic heterocycles. The molecular weight excluding hydrogens is 310 g/mol. The summed E-state index contributed by atoms with van der Waals surface area (Å²) in [6.45, 7) is 2.20. The minimum atomic E-state index is -0.332. The summed E-state index contributed by atoms with van der Waals surface area (Å²) >= 11 is 0.